The highest BCUT2D eigenvalue weighted by molar-refractivity contribution is 5.31. The first-order valence-electron chi connectivity index (χ1n) is 6.55. The van der Waals surface area contributed by atoms with Gasteiger partial charge in [0.15, 0.2) is 0 Å². The van der Waals surface area contributed by atoms with E-state index in [9.17, 15) is 0 Å². The van der Waals surface area contributed by atoms with Crippen LogP contribution >= 0.6 is 0 Å². The lowest BCUT2D eigenvalue weighted by molar-refractivity contribution is 0.480. The zero-order chi connectivity index (χ0) is 11.2. The number of nitrogens with two attached hydrogens (primary N) is 1. The second-order valence-electron chi connectivity index (χ2n) is 5.71. The molecule has 2 aliphatic rings. The quantitative estimate of drug-likeness (QED) is 0.806. The molecule has 2 unspecified atom stereocenters. The Bertz CT molecular complexity index is 384. The Labute approximate surface area is 98.0 Å². The molecule has 0 aromatic heterocycles. The third-order valence-electron chi connectivity index (χ3n) is 4.80. The highest BCUT2D eigenvalue weighted by Crippen LogP contribution is 2.58. The van der Waals surface area contributed by atoms with Gasteiger partial charge in [0.05, 0.1) is 0 Å². The highest BCUT2D eigenvalue weighted by Gasteiger charge is 2.61. The SMILES string of the molecule is Cc1ccccc1CC1(N)C2CCCCC21. The monoisotopic (exact) mass is 215 g/mol. The molecule has 3 rings (SSSR count). The fourth-order valence-corrected chi connectivity index (χ4v) is 3.70. The van der Waals surface area contributed by atoms with Crippen LogP contribution in [0.5, 0.6) is 0 Å². The van der Waals surface area contributed by atoms with Crippen molar-refractivity contribution >= 4 is 0 Å². The first-order valence-corrected chi connectivity index (χ1v) is 6.55. The second kappa shape index (κ2) is 3.59. The smallest absolute Gasteiger partial charge is 0.0259 e. The van der Waals surface area contributed by atoms with E-state index in [0.29, 0.717) is 0 Å². The molecule has 0 radical (unpaired) electrons. The lowest BCUT2D eigenvalue weighted by Crippen LogP contribution is -2.30. The van der Waals surface area contributed by atoms with Gasteiger partial charge >= 0.3 is 0 Å². The van der Waals surface area contributed by atoms with Crippen molar-refractivity contribution in [3.8, 4) is 0 Å². The molecule has 2 atom stereocenters. The van der Waals surface area contributed by atoms with Gasteiger partial charge in [-0.15, -0.1) is 0 Å². The van der Waals surface area contributed by atoms with Gasteiger partial charge in [-0.05, 0) is 49.1 Å². The van der Waals surface area contributed by atoms with Crippen molar-refractivity contribution in [1.82, 2.24) is 0 Å². The number of hydrogen-bond acceptors (Lipinski definition) is 1. The normalized spacial score (nSPS) is 36.9. The van der Waals surface area contributed by atoms with E-state index in [1.165, 1.54) is 36.8 Å². The Morgan fingerprint density at radius 3 is 2.44 bits per heavy atom. The Balaban J connectivity index is 1.78. The van der Waals surface area contributed by atoms with Gasteiger partial charge in [0.25, 0.3) is 0 Å². The van der Waals surface area contributed by atoms with Crippen LogP contribution in [0.4, 0.5) is 0 Å². The van der Waals surface area contributed by atoms with Crippen LogP contribution in [-0.4, -0.2) is 5.54 Å². The molecule has 1 heteroatoms. The van der Waals surface area contributed by atoms with Crippen LogP contribution in [0.15, 0.2) is 24.3 Å². The topological polar surface area (TPSA) is 26.0 Å². The maximum Gasteiger partial charge on any atom is 0.0259 e. The fraction of sp³-hybridized carbons (Fsp3) is 0.600. The van der Waals surface area contributed by atoms with Gasteiger partial charge in [-0.3, -0.25) is 0 Å². The minimum Gasteiger partial charge on any atom is -0.324 e. The third-order valence-corrected chi connectivity index (χ3v) is 4.80. The van der Waals surface area contributed by atoms with Gasteiger partial charge < -0.3 is 5.73 Å². The Kier molecular flexibility index (Phi) is 2.32. The van der Waals surface area contributed by atoms with Gasteiger partial charge in [0, 0.05) is 5.54 Å². The molecule has 0 spiro atoms. The second-order valence-corrected chi connectivity index (χ2v) is 5.71. The molecule has 16 heavy (non-hydrogen) atoms. The zero-order valence-electron chi connectivity index (χ0n) is 10.1. The fourth-order valence-electron chi connectivity index (χ4n) is 3.70. The molecular formula is C15H21N. The van der Waals surface area contributed by atoms with Crippen LogP contribution in [0.1, 0.15) is 36.8 Å². The molecule has 86 valence electrons. The molecule has 1 aromatic carbocycles. The van der Waals surface area contributed by atoms with Crippen molar-refractivity contribution in [1.29, 1.82) is 0 Å². The van der Waals surface area contributed by atoms with E-state index in [4.69, 9.17) is 5.73 Å². The molecule has 2 fully saturated rings. The first-order chi connectivity index (χ1) is 7.72. The largest absolute Gasteiger partial charge is 0.324 e. The summed E-state index contributed by atoms with van der Waals surface area (Å²) in [6.45, 7) is 2.20. The Hall–Kier alpha value is -0.820. The van der Waals surface area contributed by atoms with Crippen LogP contribution in [0.2, 0.25) is 0 Å². The number of benzene rings is 1. The molecule has 2 saturated carbocycles. The Morgan fingerprint density at radius 2 is 1.81 bits per heavy atom. The van der Waals surface area contributed by atoms with E-state index in [-0.39, 0.29) is 5.54 Å². The summed E-state index contributed by atoms with van der Waals surface area (Å²) >= 11 is 0. The summed E-state index contributed by atoms with van der Waals surface area (Å²) in [5, 5.41) is 0. The summed E-state index contributed by atoms with van der Waals surface area (Å²) < 4.78 is 0. The maximum absolute atomic E-state index is 6.60. The maximum atomic E-state index is 6.60. The molecule has 1 nitrogen and oxygen atoms in total. The van der Waals surface area contributed by atoms with E-state index in [1.807, 2.05) is 0 Å². The van der Waals surface area contributed by atoms with Gasteiger partial charge in [-0.25, -0.2) is 0 Å². The lowest BCUT2D eigenvalue weighted by atomic mass is 9.97. The van der Waals surface area contributed by atoms with Crippen molar-refractivity contribution in [3.05, 3.63) is 35.4 Å². The van der Waals surface area contributed by atoms with E-state index in [0.717, 1.165) is 18.3 Å². The number of hydrogen-bond donors (Lipinski definition) is 1. The number of rotatable bonds is 2. The van der Waals surface area contributed by atoms with E-state index in [1.54, 1.807) is 0 Å². The number of fused-ring (bicyclic) bond motifs is 1. The highest BCUT2D eigenvalue weighted by atomic mass is 14.9. The summed E-state index contributed by atoms with van der Waals surface area (Å²) in [7, 11) is 0. The standard InChI is InChI=1S/C15H21N/c1-11-6-2-3-7-12(11)10-15(16)13-8-4-5-9-14(13)15/h2-3,6-7,13-14H,4-5,8-10,16H2,1H3. The Morgan fingerprint density at radius 1 is 1.19 bits per heavy atom. The molecular weight excluding hydrogens is 194 g/mol. The molecule has 2 N–H and O–H groups in total. The molecule has 0 amide bonds. The number of aryl methyl sites for hydroxylation is 1. The van der Waals surface area contributed by atoms with E-state index < -0.39 is 0 Å². The van der Waals surface area contributed by atoms with Crippen LogP contribution in [0.3, 0.4) is 0 Å². The molecule has 2 aliphatic carbocycles. The van der Waals surface area contributed by atoms with Crippen molar-refractivity contribution in [2.24, 2.45) is 17.6 Å². The minimum absolute atomic E-state index is 0.141. The summed E-state index contributed by atoms with van der Waals surface area (Å²) in [4.78, 5) is 0. The molecule has 1 aromatic rings. The zero-order valence-corrected chi connectivity index (χ0v) is 10.1. The minimum atomic E-state index is 0.141. The molecule has 0 bridgehead atoms. The summed E-state index contributed by atoms with van der Waals surface area (Å²) in [6.07, 6.45) is 6.62. The van der Waals surface area contributed by atoms with Crippen molar-refractivity contribution in [2.45, 2.75) is 44.6 Å². The summed E-state index contributed by atoms with van der Waals surface area (Å²) in [5.74, 6) is 1.64. The third kappa shape index (κ3) is 1.49. The summed E-state index contributed by atoms with van der Waals surface area (Å²) in [6, 6.07) is 8.69. The molecule has 0 aliphatic heterocycles. The predicted molar refractivity (Wildman–Crippen MR) is 67.2 cm³/mol. The van der Waals surface area contributed by atoms with Gasteiger partial charge in [0.2, 0.25) is 0 Å². The lowest BCUT2D eigenvalue weighted by Gasteiger charge is -2.13. The van der Waals surface area contributed by atoms with Crippen LogP contribution in [-0.2, 0) is 6.42 Å². The van der Waals surface area contributed by atoms with Gasteiger partial charge in [-0.1, -0.05) is 37.1 Å². The molecule has 0 saturated heterocycles. The first kappa shape index (κ1) is 10.3. The van der Waals surface area contributed by atoms with Crippen LogP contribution in [0.25, 0.3) is 0 Å². The van der Waals surface area contributed by atoms with Crippen molar-refractivity contribution in [2.75, 3.05) is 0 Å². The predicted octanol–water partition coefficient (Wildman–Crippen LogP) is 3.06. The average Bonchev–Trinajstić information content (AvgIpc) is 2.89. The molecule has 0 heterocycles. The average molecular weight is 215 g/mol. The van der Waals surface area contributed by atoms with Gasteiger partial charge in [-0.2, -0.15) is 0 Å². The van der Waals surface area contributed by atoms with Crippen molar-refractivity contribution < 1.29 is 0 Å². The van der Waals surface area contributed by atoms with E-state index >= 15 is 0 Å². The van der Waals surface area contributed by atoms with E-state index in [2.05, 4.69) is 31.2 Å². The van der Waals surface area contributed by atoms with Crippen LogP contribution < -0.4 is 5.73 Å². The van der Waals surface area contributed by atoms with Gasteiger partial charge in [0.1, 0.15) is 0 Å². The van der Waals surface area contributed by atoms with Crippen molar-refractivity contribution in [3.63, 3.8) is 0 Å². The van der Waals surface area contributed by atoms with Crippen LogP contribution in [0, 0.1) is 18.8 Å². The summed E-state index contributed by atoms with van der Waals surface area (Å²) in [5.41, 5.74) is 9.60.